The maximum Gasteiger partial charge on any atom is 0.102 e. The maximum absolute atomic E-state index is 5.85. The van der Waals surface area contributed by atoms with E-state index in [1.165, 1.54) is 31.6 Å². The lowest BCUT2D eigenvalue weighted by Crippen LogP contribution is -2.18. The summed E-state index contributed by atoms with van der Waals surface area (Å²) in [5.74, 6) is 0.993. The lowest BCUT2D eigenvalue weighted by Gasteiger charge is -2.17. The molecule has 1 aliphatic heterocycles. The Balaban J connectivity index is 2.10. The quantitative estimate of drug-likeness (QED) is 0.642. The monoisotopic (exact) mass is 231 g/mol. The van der Waals surface area contributed by atoms with E-state index in [1.54, 1.807) is 0 Å². The van der Waals surface area contributed by atoms with Crippen LogP contribution >= 0.6 is 0 Å². The van der Waals surface area contributed by atoms with Crippen molar-refractivity contribution in [2.75, 3.05) is 18.0 Å². The van der Waals surface area contributed by atoms with Gasteiger partial charge in [-0.1, -0.05) is 13.8 Å². The molecule has 1 aliphatic rings. The molecular formula is C14H21N3. The smallest absolute Gasteiger partial charge is 0.102 e. The van der Waals surface area contributed by atoms with E-state index in [9.17, 15) is 0 Å². The first-order chi connectivity index (χ1) is 8.16. The Morgan fingerprint density at radius 1 is 1.18 bits per heavy atom. The van der Waals surface area contributed by atoms with Crippen LogP contribution in [0.4, 0.5) is 11.4 Å². The zero-order chi connectivity index (χ0) is 12.3. The third-order valence-electron chi connectivity index (χ3n) is 3.17. The van der Waals surface area contributed by atoms with Gasteiger partial charge in [0.2, 0.25) is 0 Å². The Kier molecular flexibility index (Phi) is 3.67. The molecule has 2 rings (SSSR count). The topological polar surface area (TPSA) is 41.6 Å². The molecule has 1 aromatic carbocycles. The van der Waals surface area contributed by atoms with Gasteiger partial charge in [0.1, 0.15) is 5.84 Å². The van der Waals surface area contributed by atoms with Gasteiger partial charge in [0, 0.05) is 24.7 Å². The molecule has 92 valence electrons. The summed E-state index contributed by atoms with van der Waals surface area (Å²) in [5, 5.41) is 0. The molecule has 3 heteroatoms. The van der Waals surface area contributed by atoms with Crippen molar-refractivity contribution in [1.29, 1.82) is 0 Å². The van der Waals surface area contributed by atoms with Crippen LogP contribution in [0, 0.1) is 5.92 Å². The lowest BCUT2D eigenvalue weighted by atomic mass is 10.2. The van der Waals surface area contributed by atoms with Crippen molar-refractivity contribution in [3.05, 3.63) is 24.3 Å². The summed E-state index contributed by atoms with van der Waals surface area (Å²) in [5.41, 5.74) is 8.09. The van der Waals surface area contributed by atoms with Crippen molar-refractivity contribution in [3.63, 3.8) is 0 Å². The van der Waals surface area contributed by atoms with Crippen LogP contribution in [-0.4, -0.2) is 18.9 Å². The molecule has 0 aromatic heterocycles. The number of hydrogen-bond acceptors (Lipinski definition) is 2. The fourth-order valence-corrected chi connectivity index (χ4v) is 1.99. The normalized spacial score (nSPS) is 16.9. The number of amidine groups is 1. The first-order valence-corrected chi connectivity index (χ1v) is 6.36. The van der Waals surface area contributed by atoms with E-state index >= 15 is 0 Å². The maximum atomic E-state index is 5.85. The Morgan fingerprint density at radius 2 is 1.76 bits per heavy atom. The van der Waals surface area contributed by atoms with Gasteiger partial charge in [-0.05, 0) is 37.1 Å². The second-order valence-electron chi connectivity index (χ2n) is 4.90. The zero-order valence-corrected chi connectivity index (χ0v) is 10.7. The van der Waals surface area contributed by atoms with Crippen LogP contribution in [0.15, 0.2) is 29.3 Å². The standard InChI is InChI=1S/C14H21N3/c1-11(2)14(15)16-12-5-7-13(8-6-12)17-9-3-4-10-17/h5-8,11H,3-4,9-10H2,1-2H3,(H2,15,16). The minimum absolute atomic E-state index is 0.299. The summed E-state index contributed by atoms with van der Waals surface area (Å²) in [6, 6.07) is 8.36. The number of nitrogens with two attached hydrogens (primary N) is 1. The molecule has 0 spiro atoms. The van der Waals surface area contributed by atoms with Gasteiger partial charge in [-0.2, -0.15) is 0 Å². The molecule has 1 aromatic rings. The highest BCUT2D eigenvalue weighted by Crippen LogP contribution is 2.23. The van der Waals surface area contributed by atoms with Crippen molar-refractivity contribution in [1.82, 2.24) is 0 Å². The van der Waals surface area contributed by atoms with E-state index in [4.69, 9.17) is 5.73 Å². The predicted octanol–water partition coefficient (Wildman–Crippen LogP) is 2.93. The molecule has 0 aliphatic carbocycles. The molecule has 17 heavy (non-hydrogen) atoms. The van der Waals surface area contributed by atoms with Crippen molar-refractivity contribution < 1.29 is 0 Å². The van der Waals surface area contributed by atoms with Gasteiger partial charge in [-0.15, -0.1) is 0 Å². The molecule has 3 nitrogen and oxygen atoms in total. The Labute approximate surface area is 103 Å². The van der Waals surface area contributed by atoms with E-state index in [1.807, 2.05) is 12.1 Å². The minimum Gasteiger partial charge on any atom is -0.387 e. The highest BCUT2D eigenvalue weighted by atomic mass is 15.1. The first-order valence-electron chi connectivity index (χ1n) is 6.36. The fraction of sp³-hybridized carbons (Fsp3) is 0.500. The molecule has 0 bridgehead atoms. The van der Waals surface area contributed by atoms with Crippen LogP contribution < -0.4 is 10.6 Å². The van der Waals surface area contributed by atoms with E-state index in [2.05, 4.69) is 35.9 Å². The van der Waals surface area contributed by atoms with Gasteiger partial charge >= 0.3 is 0 Å². The minimum atomic E-state index is 0.299. The molecule has 1 fully saturated rings. The first kappa shape index (κ1) is 12.0. The van der Waals surface area contributed by atoms with Gasteiger partial charge < -0.3 is 10.6 Å². The van der Waals surface area contributed by atoms with Crippen LogP contribution in [0.2, 0.25) is 0 Å². The van der Waals surface area contributed by atoms with E-state index in [0.29, 0.717) is 11.8 Å². The number of nitrogens with zero attached hydrogens (tertiary/aromatic N) is 2. The van der Waals surface area contributed by atoms with Gasteiger partial charge in [0.05, 0.1) is 5.69 Å². The molecule has 0 atom stereocenters. The highest BCUT2D eigenvalue weighted by molar-refractivity contribution is 5.84. The van der Waals surface area contributed by atoms with Crippen LogP contribution in [0.5, 0.6) is 0 Å². The number of anilines is 1. The van der Waals surface area contributed by atoms with Crippen molar-refractivity contribution in [2.24, 2.45) is 16.6 Å². The van der Waals surface area contributed by atoms with Crippen molar-refractivity contribution in [2.45, 2.75) is 26.7 Å². The second kappa shape index (κ2) is 5.21. The average molecular weight is 231 g/mol. The zero-order valence-electron chi connectivity index (χ0n) is 10.7. The van der Waals surface area contributed by atoms with Gasteiger partial charge in [-0.3, -0.25) is 0 Å². The Bertz CT molecular complexity index is 386. The number of rotatable bonds is 3. The summed E-state index contributed by atoms with van der Waals surface area (Å²) in [7, 11) is 0. The molecule has 1 saturated heterocycles. The Hall–Kier alpha value is -1.51. The van der Waals surface area contributed by atoms with Crippen LogP contribution in [0.1, 0.15) is 26.7 Å². The van der Waals surface area contributed by atoms with Crippen LogP contribution in [0.25, 0.3) is 0 Å². The molecule has 0 saturated carbocycles. The highest BCUT2D eigenvalue weighted by Gasteiger charge is 2.11. The summed E-state index contributed by atoms with van der Waals surface area (Å²) < 4.78 is 0. The second-order valence-corrected chi connectivity index (χ2v) is 4.90. The molecule has 1 heterocycles. The number of aliphatic imine (C=N–C) groups is 1. The number of benzene rings is 1. The largest absolute Gasteiger partial charge is 0.387 e. The SMILES string of the molecule is CC(C)C(N)=Nc1ccc(N2CCCC2)cc1. The van der Waals surface area contributed by atoms with E-state index in [-0.39, 0.29) is 0 Å². The third-order valence-corrected chi connectivity index (χ3v) is 3.17. The summed E-state index contributed by atoms with van der Waals surface area (Å²) in [4.78, 5) is 6.82. The van der Waals surface area contributed by atoms with Crippen LogP contribution in [-0.2, 0) is 0 Å². The third kappa shape index (κ3) is 2.99. The molecular weight excluding hydrogens is 210 g/mol. The van der Waals surface area contributed by atoms with Gasteiger partial charge in [0.25, 0.3) is 0 Å². The van der Waals surface area contributed by atoms with Crippen molar-refractivity contribution in [3.8, 4) is 0 Å². The lowest BCUT2D eigenvalue weighted by molar-refractivity contribution is 0.873. The van der Waals surface area contributed by atoms with Gasteiger partial charge in [0.15, 0.2) is 0 Å². The van der Waals surface area contributed by atoms with Crippen molar-refractivity contribution >= 4 is 17.2 Å². The summed E-state index contributed by atoms with van der Waals surface area (Å²) >= 11 is 0. The van der Waals surface area contributed by atoms with E-state index in [0.717, 1.165) is 5.69 Å². The average Bonchev–Trinajstić information content (AvgIpc) is 2.83. The summed E-state index contributed by atoms with van der Waals surface area (Å²) in [6.45, 7) is 6.46. The van der Waals surface area contributed by atoms with E-state index < -0.39 is 0 Å². The fourth-order valence-electron chi connectivity index (χ4n) is 1.99. The molecule has 2 N–H and O–H groups in total. The number of hydrogen-bond donors (Lipinski definition) is 1. The summed E-state index contributed by atoms with van der Waals surface area (Å²) in [6.07, 6.45) is 2.61. The molecule has 0 unspecified atom stereocenters. The molecule has 0 radical (unpaired) electrons. The Morgan fingerprint density at radius 3 is 2.29 bits per heavy atom. The predicted molar refractivity (Wildman–Crippen MR) is 74.0 cm³/mol. The molecule has 0 amide bonds. The van der Waals surface area contributed by atoms with Gasteiger partial charge in [-0.25, -0.2) is 4.99 Å². The van der Waals surface area contributed by atoms with Crippen LogP contribution in [0.3, 0.4) is 0 Å².